The molecule has 8 heteroatoms. The average Bonchev–Trinajstić information content (AvgIpc) is 2.93. The first-order valence-corrected chi connectivity index (χ1v) is 14.5. The largest absolute Gasteiger partial charge is 0.354 e. The first kappa shape index (κ1) is 28.9. The molecule has 202 valence electrons. The standard InChI is InChI=1S/C30H37N3O4S/c1-4-6-21-31-30(35)28(5-2)32(22-25-16-14-13-15-24(25)3)29(34)23-33(26-17-9-7-10-18-26)38(36,37)27-19-11-8-12-20-27/h7-20,28H,4-6,21-23H2,1-3H3,(H,31,35)/t28-/m0/s1. The Labute approximate surface area is 226 Å². The lowest BCUT2D eigenvalue weighted by Gasteiger charge is -2.33. The second-order valence-electron chi connectivity index (χ2n) is 9.18. The molecule has 0 saturated carbocycles. The minimum Gasteiger partial charge on any atom is -0.354 e. The highest BCUT2D eigenvalue weighted by Crippen LogP contribution is 2.24. The van der Waals surface area contributed by atoms with Crippen LogP contribution in [0, 0.1) is 6.92 Å². The summed E-state index contributed by atoms with van der Waals surface area (Å²) in [5, 5.41) is 2.95. The van der Waals surface area contributed by atoms with E-state index in [4.69, 9.17) is 0 Å². The summed E-state index contributed by atoms with van der Waals surface area (Å²) in [6, 6.07) is 23.6. The van der Waals surface area contributed by atoms with Gasteiger partial charge < -0.3 is 10.2 Å². The summed E-state index contributed by atoms with van der Waals surface area (Å²) in [5.41, 5.74) is 2.27. The van der Waals surface area contributed by atoms with E-state index < -0.39 is 28.5 Å². The molecule has 0 spiro atoms. The number of carbonyl (C=O) groups excluding carboxylic acids is 2. The fraction of sp³-hybridized carbons (Fsp3) is 0.333. The van der Waals surface area contributed by atoms with Crippen LogP contribution in [0.5, 0.6) is 0 Å². The Morgan fingerprint density at radius 2 is 1.47 bits per heavy atom. The van der Waals surface area contributed by atoms with Crippen LogP contribution in [-0.2, 0) is 26.2 Å². The van der Waals surface area contributed by atoms with Crippen LogP contribution >= 0.6 is 0 Å². The number of aryl methyl sites for hydroxylation is 1. The zero-order valence-electron chi connectivity index (χ0n) is 22.3. The number of hydrogen-bond donors (Lipinski definition) is 1. The van der Waals surface area contributed by atoms with Crippen LogP contribution in [0.2, 0.25) is 0 Å². The lowest BCUT2D eigenvalue weighted by molar-refractivity contribution is -0.140. The topological polar surface area (TPSA) is 86.8 Å². The molecule has 0 aliphatic heterocycles. The minimum absolute atomic E-state index is 0.0893. The summed E-state index contributed by atoms with van der Waals surface area (Å²) in [6.07, 6.45) is 2.17. The molecule has 0 aliphatic rings. The van der Waals surface area contributed by atoms with Gasteiger partial charge in [-0.2, -0.15) is 0 Å². The highest BCUT2D eigenvalue weighted by molar-refractivity contribution is 7.92. The van der Waals surface area contributed by atoms with Crippen LogP contribution in [-0.4, -0.2) is 44.3 Å². The van der Waals surface area contributed by atoms with E-state index in [1.165, 1.54) is 17.0 Å². The molecule has 3 aromatic carbocycles. The number of rotatable bonds is 13. The molecule has 0 radical (unpaired) electrons. The van der Waals surface area contributed by atoms with Crippen LogP contribution in [0.1, 0.15) is 44.2 Å². The summed E-state index contributed by atoms with van der Waals surface area (Å²) in [4.78, 5) is 28.8. The first-order chi connectivity index (χ1) is 18.3. The minimum atomic E-state index is -4.05. The Morgan fingerprint density at radius 1 is 0.868 bits per heavy atom. The predicted octanol–water partition coefficient (Wildman–Crippen LogP) is 4.91. The number of nitrogens with one attached hydrogen (secondary N) is 1. The molecule has 0 unspecified atom stereocenters. The number of hydrogen-bond acceptors (Lipinski definition) is 4. The monoisotopic (exact) mass is 535 g/mol. The molecule has 3 rings (SSSR count). The van der Waals surface area contributed by atoms with Crippen LogP contribution in [0.15, 0.2) is 89.8 Å². The van der Waals surface area contributed by atoms with Gasteiger partial charge in [0.2, 0.25) is 11.8 Å². The molecular formula is C30H37N3O4S. The molecule has 1 N–H and O–H groups in total. The van der Waals surface area contributed by atoms with E-state index in [0.717, 1.165) is 28.3 Å². The van der Waals surface area contributed by atoms with Crippen LogP contribution in [0.3, 0.4) is 0 Å². The zero-order valence-corrected chi connectivity index (χ0v) is 23.2. The summed E-state index contributed by atoms with van der Waals surface area (Å²) >= 11 is 0. The lowest BCUT2D eigenvalue weighted by atomic mass is 10.1. The quantitative estimate of drug-likeness (QED) is 0.315. The van der Waals surface area contributed by atoms with Gasteiger partial charge in [0.05, 0.1) is 10.6 Å². The SMILES string of the molecule is CCCCNC(=O)[C@H](CC)N(Cc1ccccc1C)C(=O)CN(c1ccccc1)S(=O)(=O)c1ccccc1. The lowest BCUT2D eigenvalue weighted by Crippen LogP contribution is -2.52. The van der Waals surface area contributed by atoms with Crippen molar-refractivity contribution in [3.8, 4) is 0 Å². The van der Waals surface area contributed by atoms with Crippen molar-refractivity contribution in [1.82, 2.24) is 10.2 Å². The number of nitrogens with zero attached hydrogens (tertiary/aromatic N) is 2. The van der Waals surface area contributed by atoms with Gasteiger partial charge in [-0.15, -0.1) is 0 Å². The Balaban J connectivity index is 2.01. The van der Waals surface area contributed by atoms with E-state index in [9.17, 15) is 18.0 Å². The second kappa shape index (κ2) is 13.8. The fourth-order valence-electron chi connectivity index (χ4n) is 4.24. The molecule has 3 aromatic rings. The Hall–Kier alpha value is -3.65. The number of benzene rings is 3. The van der Waals surface area contributed by atoms with Gasteiger partial charge in [0.15, 0.2) is 0 Å². The van der Waals surface area contributed by atoms with Crippen molar-refractivity contribution >= 4 is 27.5 Å². The number of carbonyl (C=O) groups is 2. The normalized spacial score (nSPS) is 12.0. The van der Waals surface area contributed by atoms with Crippen molar-refractivity contribution in [3.63, 3.8) is 0 Å². The fourth-order valence-corrected chi connectivity index (χ4v) is 5.67. The van der Waals surface area contributed by atoms with Gasteiger partial charge in [-0.3, -0.25) is 13.9 Å². The smallest absolute Gasteiger partial charge is 0.264 e. The average molecular weight is 536 g/mol. The molecule has 0 fully saturated rings. The number of unbranched alkanes of at least 4 members (excludes halogenated alkanes) is 1. The number of para-hydroxylation sites is 1. The summed E-state index contributed by atoms with van der Waals surface area (Å²) < 4.78 is 28.6. The van der Waals surface area contributed by atoms with E-state index >= 15 is 0 Å². The van der Waals surface area contributed by atoms with E-state index in [2.05, 4.69) is 5.32 Å². The van der Waals surface area contributed by atoms with Crippen molar-refractivity contribution in [1.29, 1.82) is 0 Å². The summed E-state index contributed by atoms with van der Waals surface area (Å²) in [6.45, 7) is 6.14. The molecule has 0 aromatic heterocycles. The molecule has 0 saturated heterocycles. The van der Waals surface area contributed by atoms with Crippen LogP contribution in [0.25, 0.3) is 0 Å². The second-order valence-corrected chi connectivity index (χ2v) is 11.0. The van der Waals surface area contributed by atoms with Crippen molar-refractivity contribution in [2.24, 2.45) is 0 Å². The van der Waals surface area contributed by atoms with E-state index in [0.29, 0.717) is 18.7 Å². The molecule has 1 atom stereocenters. The van der Waals surface area contributed by atoms with Crippen LogP contribution in [0.4, 0.5) is 5.69 Å². The Kier molecular flexibility index (Phi) is 10.5. The number of amides is 2. The molecule has 2 amide bonds. The highest BCUT2D eigenvalue weighted by Gasteiger charge is 2.33. The van der Waals surface area contributed by atoms with Gasteiger partial charge in [0, 0.05) is 13.1 Å². The van der Waals surface area contributed by atoms with Gasteiger partial charge in [-0.05, 0) is 55.2 Å². The summed E-state index contributed by atoms with van der Waals surface area (Å²) in [7, 11) is -4.05. The van der Waals surface area contributed by atoms with Crippen LogP contribution < -0.4 is 9.62 Å². The Bertz CT molecular complexity index is 1300. The van der Waals surface area contributed by atoms with Gasteiger partial charge >= 0.3 is 0 Å². The number of anilines is 1. The van der Waals surface area contributed by atoms with E-state index in [1.54, 1.807) is 48.5 Å². The van der Waals surface area contributed by atoms with E-state index in [1.807, 2.05) is 45.0 Å². The van der Waals surface area contributed by atoms with Gasteiger partial charge in [-0.1, -0.05) is 80.9 Å². The van der Waals surface area contributed by atoms with Gasteiger partial charge in [-0.25, -0.2) is 8.42 Å². The molecule has 0 aliphatic carbocycles. The van der Waals surface area contributed by atoms with E-state index in [-0.39, 0.29) is 17.3 Å². The maximum atomic E-state index is 14.0. The van der Waals surface area contributed by atoms with Crippen molar-refractivity contribution in [2.45, 2.75) is 57.5 Å². The van der Waals surface area contributed by atoms with Crippen molar-refractivity contribution in [3.05, 3.63) is 96.1 Å². The van der Waals surface area contributed by atoms with Crippen molar-refractivity contribution in [2.75, 3.05) is 17.4 Å². The zero-order chi connectivity index (χ0) is 27.5. The third-order valence-corrected chi connectivity index (χ3v) is 8.26. The molecule has 7 nitrogen and oxygen atoms in total. The van der Waals surface area contributed by atoms with Gasteiger partial charge in [0.25, 0.3) is 10.0 Å². The molecule has 38 heavy (non-hydrogen) atoms. The first-order valence-electron chi connectivity index (χ1n) is 13.0. The van der Waals surface area contributed by atoms with Crippen molar-refractivity contribution < 1.29 is 18.0 Å². The maximum absolute atomic E-state index is 14.0. The maximum Gasteiger partial charge on any atom is 0.264 e. The summed E-state index contributed by atoms with van der Waals surface area (Å²) in [5.74, 6) is -0.686. The third-order valence-electron chi connectivity index (χ3n) is 6.47. The predicted molar refractivity (Wildman–Crippen MR) is 151 cm³/mol. The molecule has 0 bridgehead atoms. The highest BCUT2D eigenvalue weighted by atomic mass is 32.2. The molecule has 0 heterocycles. The molecular weight excluding hydrogens is 498 g/mol. The third kappa shape index (κ3) is 7.22. The Morgan fingerprint density at radius 3 is 2.08 bits per heavy atom. The van der Waals surface area contributed by atoms with Gasteiger partial charge in [0.1, 0.15) is 12.6 Å². The number of sulfonamides is 1.